The Kier molecular flexibility index (Phi) is 60.4. The first-order valence-electron chi connectivity index (χ1n) is 34.5. The second kappa shape index (κ2) is 62.2. The van der Waals surface area contributed by atoms with Gasteiger partial charge in [-0.05, 0) is 70.6 Å². The lowest BCUT2D eigenvalue weighted by atomic mass is 10.0. The number of allylic oxidation sites excluding steroid dienone is 13. The van der Waals surface area contributed by atoms with E-state index in [1.807, 2.05) is 27.2 Å². The molecular formula is C72H134N2O6P+. The first-order chi connectivity index (χ1) is 39.5. The fraction of sp³-hybridized carbons (Fsp3) is 0.792. The lowest BCUT2D eigenvalue weighted by molar-refractivity contribution is -0.870. The van der Waals surface area contributed by atoms with Gasteiger partial charge in [-0.15, -0.1) is 0 Å². The summed E-state index contributed by atoms with van der Waals surface area (Å²) in [7, 11) is 1.58. The Morgan fingerprint density at radius 2 is 0.741 bits per heavy atom. The molecule has 9 heteroatoms. The molecule has 0 saturated heterocycles. The van der Waals surface area contributed by atoms with Crippen molar-refractivity contribution in [2.24, 2.45) is 0 Å². The molecule has 472 valence electrons. The van der Waals surface area contributed by atoms with Crippen LogP contribution in [0.25, 0.3) is 0 Å². The molecule has 0 rings (SSSR count). The van der Waals surface area contributed by atoms with Gasteiger partial charge in [0.2, 0.25) is 5.91 Å². The Morgan fingerprint density at radius 3 is 1.09 bits per heavy atom. The minimum absolute atomic E-state index is 0.0613. The number of likely N-dealkylation sites (N-methyl/N-ethyl adjacent to an activating group) is 1. The molecule has 8 nitrogen and oxygen atoms in total. The molecule has 0 fully saturated rings. The highest BCUT2D eigenvalue weighted by Crippen LogP contribution is 2.43. The molecular weight excluding hydrogens is 1020 g/mol. The van der Waals surface area contributed by atoms with Crippen molar-refractivity contribution >= 4 is 13.7 Å². The second-order valence-electron chi connectivity index (χ2n) is 24.5. The molecule has 0 aromatic carbocycles. The van der Waals surface area contributed by atoms with Gasteiger partial charge in [-0.25, -0.2) is 4.57 Å². The summed E-state index contributed by atoms with van der Waals surface area (Å²) in [5, 5.41) is 14.0. The summed E-state index contributed by atoms with van der Waals surface area (Å²) >= 11 is 0. The van der Waals surface area contributed by atoms with Gasteiger partial charge in [0, 0.05) is 6.42 Å². The Hall–Kier alpha value is -2.32. The Morgan fingerprint density at radius 1 is 0.432 bits per heavy atom. The monoisotopic (exact) mass is 1150 g/mol. The zero-order chi connectivity index (χ0) is 59.1. The van der Waals surface area contributed by atoms with E-state index >= 15 is 0 Å². The predicted octanol–water partition coefficient (Wildman–Crippen LogP) is 21.9. The van der Waals surface area contributed by atoms with Crippen molar-refractivity contribution < 1.29 is 32.9 Å². The van der Waals surface area contributed by atoms with Gasteiger partial charge in [-0.2, -0.15) is 0 Å². The van der Waals surface area contributed by atoms with Gasteiger partial charge in [0.25, 0.3) is 0 Å². The summed E-state index contributed by atoms with van der Waals surface area (Å²) in [4.78, 5) is 23.4. The topological polar surface area (TPSA) is 105 Å². The van der Waals surface area contributed by atoms with E-state index in [9.17, 15) is 19.4 Å². The van der Waals surface area contributed by atoms with Crippen molar-refractivity contribution in [3.63, 3.8) is 0 Å². The van der Waals surface area contributed by atoms with Crippen LogP contribution in [0.15, 0.2) is 85.1 Å². The maximum atomic E-state index is 13.0. The van der Waals surface area contributed by atoms with Crippen molar-refractivity contribution in [3.05, 3.63) is 85.1 Å². The minimum Gasteiger partial charge on any atom is -0.387 e. The molecule has 0 aliphatic carbocycles. The van der Waals surface area contributed by atoms with E-state index in [1.165, 1.54) is 218 Å². The van der Waals surface area contributed by atoms with Crippen molar-refractivity contribution in [1.82, 2.24) is 5.32 Å². The van der Waals surface area contributed by atoms with Crippen LogP contribution in [-0.4, -0.2) is 73.4 Å². The number of unbranched alkanes of at least 4 members (excludes halogenated alkanes) is 38. The average Bonchev–Trinajstić information content (AvgIpc) is 3.43. The molecule has 0 aromatic rings. The number of nitrogens with one attached hydrogen (secondary N) is 1. The van der Waals surface area contributed by atoms with Crippen LogP contribution in [-0.2, 0) is 18.4 Å². The minimum atomic E-state index is -4.35. The second-order valence-corrected chi connectivity index (χ2v) is 26.0. The van der Waals surface area contributed by atoms with Crippen molar-refractivity contribution in [3.8, 4) is 0 Å². The number of nitrogens with zero attached hydrogens (tertiary/aromatic N) is 1. The summed E-state index contributed by atoms with van der Waals surface area (Å²) in [5.74, 6) is -0.173. The summed E-state index contributed by atoms with van der Waals surface area (Å²) in [5.41, 5.74) is 0. The number of hydrogen-bond acceptors (Lipinski definition) is 5. The number of aliphatic hydroxyl groups is 1. The van der Waals surface area contributed by atoms with Crippen molar-refractivity contribution in [2.45, 2.75) is 328 Å². The summed E-state index contributed by atoms with van der Waals surface area (Å²) in [6, 6.07) is -0.849. The van der Waals surface area contributed by atoms with E-state index in [4.69, 9.17) is 9.05 Å². The summed E-state index contributed by atoms with van der Waals surface area (Å²) in [6.07, 6.45) is 88.7. The molecule has 0 aliphatic rings. The molecule has 0 bridgehead atoms. The van der Waals surface area contributed by atoms with Crippen LogP contribution in [0.2, 0.25) is 0 Å². The number of phosphoric ester groups is 1. The molecule has 0 spiro atoms. The third kappa shape index (κ3) is 65.1. The maximum absolute atomic E-state index is 13.0. The van der Waals surface area contributed by atoms with Gasteiger partial charge in [0.1, 0.15) is 13.2 Å². The fourth-order valence-corrected chi connectivity index (χ4v) is 10.8. The number of phosphoric acid groups is 1. The SMILES string of the molecule is CC/C=C\C/C=C\C/C=C\C/C=C\C/C=C\C/C=C\CCCCCCCCCCCCCCCCCCCCCCC(=O)NC(COP(=O)(O)OCC[N+](C)(C)C)C(O)/C=C/CCCCCCCCCCCCCCCCCCCC. The first-order valence-corrected chi connectivity index (χ1v) is 36.0. The van der Waals surface area contributed by atoms with E-state index in [2.05, 4.69) is 92.1 Å². The highest BCUT2D eigenvalue weighted by molar-refractivity contribution is 7.47. The lowest BCUT2D eigenvalue weighted by Gasteiger charge is -2.25. The molecule has 0 heterocycles. The number of quaternary nitrogens is 1. The third-order valence-corrected chi connectivity index (χ3v) is 16.4. The van der Waals surface area contributed by atoms with Gasteiger partial charge in [-0.1, -0.05) is 324 Å². The first kappa shape index (κ1) is 78.7. The molecule has 3 unspecified atom stereocenters. The number of amides is 1. The molecule has 0 saturated carbocycles. The molecule has 0 aromatic heterocycles. The van der Waals surface area contributed by atoms with Gasteiger partial charge in [-0.3, -0.25) is 13.8 Å². The van der Waals surface area contributed by atoms with Crippen LogP contribution < -0.4 is 5.32 Å². The van der Waals surface area contributed by atoms with E-state index in [0.29, 0.717) is 17.4 Å². The van der Waals surface area contributed by atoms with Crippen LogP contribution in [0.1, 0.15) is 316 Å². The number of carbonyl (C=O) groups excluding carboxylic acids is 1. The van der Waals surface area contributed by atoms with E-state index in [1.54, 1.807) is 6.08 Å². The van der Waals surface area contributed by atoms with Gasteiger partial charge >= 0.3 is 7.82 Å². The van der Waals surface area contributed by atoms with Crippen molar-refractivity contribution in [2.75, 3.05) is 40.9 Å². The largest absolute Gasteiger partial charge is 0.472 e. The molecule has 81 heavy (non-hydrogen) atoms. The van der Waals surface area contributed by atoms with E-state index in [0.717, 1.165) is 77.0 Å². The van der Waals surface area contributed by atoms with Crippen LogP contribution in [0.4, 0.5) is 0 Å². The number of aliphatic hydroxyl groups excluding tert-OH is 1. The highest BCUT2D eigenvalue weighted by Gasteiger charge is 2.28. The number of hydrogen-bond donors (Lipinski definition) is 3. The Bertz CT molecular complexity index is 1600. The van der Waals surface area contributed by atoms with E-state index in [-0.39, 0.29) is 19.1 Å². The Balaban J connectivity index is 3.99. The van der Waals surface area contributed by atoms with Crippen LogP contribution in [0, 0.1) is 0 Å². The molecule has 3 N–H and O–H groups in total. The average molecular weight is 1150 g/mol. The Labute approximate surface area is 503 Å². The maximum Gasteiger partial charge on any atom is 0.472 e. The zero-order valence-corrected chi connectivity index (χ0v) is 54.9. The normalized spacial score (nSPS) is 14.2. The molecule has 0 aliphatic heterocycles. The van der Waals surface area contributed by atoms with Crippen LogP contribution in [0.3, 0.4) is 0 Å². The molecule has 0 radical (unpaired) electrons. The summed E-state index contributed by atoms with van der Waals surface area (Å²) in [6.45, 7) is 4.74. The van der Waals surface area contributed by atoms with E-state index < -0.39 is 20.0 Å². The molecule has 1 amide bonds. The van der Waals surface area contributed by atoms with Gasteiger partial charge < -0.3 is 19.8 Å². The smallest absolute Gasteiger partial charge is 0.387 e. The van der Waals surface area contributed by atoms with Gasteiger partial charge in [0.05, 0.1) is 39.9 Å². The highest BCUT2D eigenvalue weighted by atomic mass is 31.2. The fourth-order valence-electron chi connectivity index (χ4n) is 10.0. The number of carbonyl (C=O) groups is 1. The van der Waals surface area contributed by atoms with Gasteiger partial charge in [0.15, 0.2) is 0 Å². The summed E-state index contributed by atoms with van der Waals surface area (Å²) < 4.78 is 23.8. The third-order valence-electron chi connectivity index (χ3n) is 15.4. The molecule has 3 atom stereocenters. The quantitative estimate of drug-likeness (QED) is 0.0243. The zero-order valence-electron chi connectivity index (χ0n) is 54.0. The number of rotatable bonds is 63. The lowest BCUT2D eigenvalue weighted by Crippen LogP contribution is -2.45. The van der Waals surface area contributed by atoms with Crippen LogP contribution >= 0.6 is 7.82 Å². The van der Waals surface area contributed by atoms with Crippen molar-refractivity contribution in [1.29, 1.82) is 0 Å². The predicted molar refractivity (Wildman–Crippen MR) is 355 cm³/mol. The standard InChI is InChI=1S/C72H133N2O6P/c1-6-8-10-12-14-16-18-20-22-24-26-28-29-30-31-32-33-34-35-36-37-38-39-40-41-42-43-44-45-46-48-50-52-54-56-58-60-62-64-66-72(76)73-70(69-80-81(77,78)79-68-67-74(3,4)5)71(75)65-63-61-59-57-55-53-51-49-47-27-25-23-21-19-17-15-13-11-9-7-2/h8,10,14,16,20,22,26,28,30-31,33-34,63,65,70-71,75H,6-7,9,11-13,15,17-19,21,23-25,27,29,32,35-62,64,66-69H2,1-5H3,(H-,73,76,77,78)/p+1/b10-8-,16-14-,22-20-,28-26-,31-30-,34-33-,65-63+. The van der Waals surface area contributed by atoms with Crippen LogP contribution in [0.5, 0.6) is 0 Å².